The summed E-state index contributed by atoms with van der Waals surface area (Å²) in [5, 5.41) is 0. The Hall–Kier alpha value is -3.03. The summed E-state index contributed by atoms with van der Waals surface area (Å²) in [5.74, 6) is -1.00. The van der Waals surface area contributed by atoms with Crippen molar-refractivity contribution >= 4 is 19.8 Å². The summed E-state index contributed by atoms with van der Waals surface area (Å²) in [7, 11) is -4.78. The summed E-state index contributed by atoms with van der Waals surface area (Å²) in [6.45, 7) is 3.31. The van der Waals surface area contributed by atoms with Crippen LogP contribution in [0.15, 0.2) is 97.2 Å². The molecule has 0 aliphatic carbocycles. The van der Waals surface area contributed by atoms with E-state index in [1.807, 2.05) is 54.7 Å². The van der Waals surface area contributed by atoms with Gasteiger partial charge >= 0.3 is 19.8 Å². The number of carbonyl (C=O) groups is 2. The normalized spacial score (nSPS) is 13.7. The Kier molecular flexibility index (Phi) is 30.8. The second-order valence-corrected chi connectivity index (χ2v) is 12.1. The first-order valence-corrected chi connectivity index (χ1v) is 18.6. The molecule has 0 saturated heterocycles. The second kappa shape index (κ2) is 32.9. The molecule has 0 heterocycles. The van der Waals surface area contributed by atoms with Crippen LogP contribution in [0.5, 0.6) is 0 Å². The van der Waals surface area contributed by atoms with Gasteiger partial charge in [0.15, 0.2) is 6.10 Å². The van der Waals surface area contributed by atoms with E-state index in [4.69, 9.17) is 19.3 Å². The largest absolute Gasteiger partial charge is 0.469 e. The van der Waals surface area contributed by atoms with Crippen LogP contribution in [-0.4, -0.2) is 41.0 Å². The summed E-state index contributed by atoms with van der Waals surface area (Å²) in [5.41, 5.74) is 0. The fourth-order valence-corrected chi connectivity index (χ4v) is 4.36. The number of ether oxygens (including phenoxy) is 2. The topological polar surface area (TPSA) is 119 Å². The lowest BCUT2D eigenvalue weighted by molar-refractivity contribution is -0.161. The van der Waals surface area contributed by atoms with Gasteiger partial charge in [0.1, 0.15) is 6.61 Å². The monoisotopic (exact) mass is 674 g/mol. The number of carbonyl (C=O) groups excluding carboxylic acids is 2. The van der Waals surface area contributed by atoms with E-state index in [9.17, 15) is 14.2 Å². The molecular weight excluding hydrogens is 615 g/mol. The lowest BCUT2D eigenvalue weighted by atomic mass is 10.1. The van der Waals surface area contributed by atoms with Gasteiger partial charge in [-0.15, -0.1) is 0 Å². The Morgan fingerprint density at radius 3 is 1.72 bits per heavy atom. The Morgan fingerprint density at radius 2 is 1.09 bits per heavy atom. The molecule has 0 aliphatic rings. The van der Waals surface area contributed by atoms with Crippen LogP contribution in [0.1, 0.15) is 110 Å². The number of unbranched alkanes of at least 4 members (excludes halogenated alkanes) is 7. The zero-order valence-electron chi connectivity index (χ0n) is 28.6. The minimum Gasteiger partial charge on any atom is -0.462 e. The van der Waals surface area contributed by atoms with Gasteiger partial charge < -0.3 is 19.3 Å². The van der Waals surface area contributed by atoms with Crippen LogP contribution in [0.2, 0.25) is 0 Å². The van der Waals surface area contributed by atoms with E-state index in [1.165, 1.54) is 0 Å². The van der Waals surface area contributed by atoms with Crippen molar-refractivity contribution in [3.05, 3.63) is 97.2 Å². The van der Waals surface area contributed by atoms with Crippen LogP contribution >= 0.6 is 7.82 Å². The summed E-state index contributed by atoms with van der Waals surface area (Å²) < 4.78 is 26.1. The number of allylic oxidation sites excluding steroid dienone is 16. The predicted molar refractivity (Wildman–Crippen MR) is 193 cm³/mol. The van der Waals surface area contributed by atoms with Crippen molar-refractivity contribution in [3.63, 3.8) is 0 Å². The fraction of sp³-hybridized carbons (Fsp3) is 0.526. The van der Waals surface area contributed by atoms with Gasteiger partial charge in [0.2, 0.25) is 0 Å². The Bertz CT molecular complexity index is 1080. The molecule has 1 atom stereocenters. The summed E-state index contributed by atoms with van der Waals surface area (Å²) >= 11 is 0. The highest BCUT2D eigenvalue weighted by atomic mass is 31.2. The molecule has 0 fully saturated rings. The first kappa shape index (κ1) is 44.0. The highest BCUT2D eigenvalue weighted by Crippen LogP contribution is 2.35. The SMILES string of the molecule is CC/C=C/C=C/C=C/C=C/C=C/CCCC(=O)OC(COC(=O)CCCCCCCC/C=C/C/C=C/C/C=C/CC)COP(=O)(O)O. The Balaban J connectivity index is 4.17. The first-order chi connectivity index (χ1) is 22.8. The van der Waals surface area contributed by atoms with E-state index < -0.39 is 32.5 Å². The second-order valence-electron chi connectivity index (χ2n) is 10.8. The van der Waals surface area contributed by atoms with E-state index in [0.29, 0.717) is 19.3 Å². The average molecular weight is 675 g/mol. The number of phosphoric ester groups is 1. The number of esters is 2. The number of phosphoric acid groups is 1. The van der Waals surface area contributed by atoms with E-state index >= 15 is 0 Å². The van der Waals surface area contributed by atoms with Crippen LogP contribution in [0, 0.1) is 0 Å². The van der Waals surface area contributed by atoms with Crippen molar-refractivity contribution in [2.24, 2.45) is 0 Å². The van der Waals surface area contributed by atoms with E-state index in [0.717, 1.165) is 64.2 Å². The van der Waals surface area contributed by atoms with Gasteiger partial charge in [-0.3, -0.25) is 14.1 Å². The fourth-order valence-electron chi connectivity index (χ4n) is 4.00. The molecule has 0 aromatic rings. The molecule has 47 heavy (non-hydrogen) atoms. The maximum Gasteiger partial charge on any atom is 0.469 e. The molecule has 0 amide bonds. The summed E-state index contributed by atoms with van der Waals surface area (Å²) in [4.78, 5) is 42.5. The van der Waals surface area contributed by atoms with Gasteiger partial charge in [0.25, 0.3) is 0 Å². The van der Waals surface area contributed by atoms with Crippen molar-refractivity contribution in [3.8, 4) is 0 Å². The van der Waals surface area contributed by atoms with Crippen molar-refractivity contribution < 1.29 is 37.9 Å². The summed E-state index contributed by atoms with van der Waals surface area (Å²) in [6, 6.07) is 0. The van der Waals surface area contributed by atoms with E-state index in [-0.39, 0.29) is 19.4 Å². The van der Waals surface area contributed by atoms with Gasteiger partial charge in [-0.05, 0) is 57.8 Å². The van der Waals surface area contributed by atoms with Gasteiger partial charge in [-0.1, -0.05) is 137 Å². The zero-order valence-corrected chi connectivity index (χ0v) is 29.5. The lowest BCUT2D eigenvalue weighted by Gasteiger charge is -2.18. The molecule has 264 valence electrons. The van der Waals surface area contributed by atoms with Crippen molar-refractivity contribution in [2.75, 3.05) is 13.2 Å². The minimum absolute atomic E-state index is 0.106. The molecule has 0 spiro atoms. The molecule has 0 bridgehead atoms. The van der Waals surface area contributed by atoms with E-state index in [2.05, 4.69) is 60.9 Å². The van der Waals surface area contributed by atoms with Crippen LogP contribution < -0.4 is 0 Å². The molecule has 0 saturated carbocycles. The van der Waals surface area contributed by atoms with Crippen molar-refractivity contribution in [1.29, 1.82) is 0 Å². The number of hydrogen-bond donors (Lipinski definition) is 2. The molecule has 1 unspecified atom stereocenters. The van der Waals surface area contributed by atoms with Gasteiger partial charge in [-0.25, -0.2) is 4.57 Å². The van der Waals surface area contributed by atoms with Crippen molar-refractivity contribution in [1.82, 2.24) is 0 Å². The van der Waals surface area contributed by atoms with Crippen LogP contribution in [0.3, 0.4) is 0 Å². The molecule has 0 aliphatic heterocycles. The lowest BCUT2D eigenvalue weighted by Crippen LogP contribution is -2.29. The quantitative estimate of drug-likeness (QED) is 0.0265. The van der Waals surface area contributed by atoms with Crippen LogP contribution in [-0.2, 0) is 28.2 Å². The molecule has 2 N–H and O–H groups in total. The van der Waals surface area contributed by atoms with Gasteiger partial charge in [0, 0.05) is 12.8 Å². The maximum atomic E-state index is 12.3. The molecule has 0 radical (unpaired) electrons. The Labute approximate surface area is 284 Å². The zero-order chi connectivity index (χ0) is 34.7. The molecule has 0 aromatic carbocycles. The molecule has 0 aromatic heterocycles. The van der Waals surface area contributed by atoms with Crippen LogP contribution in [0.25, 0.3) is 0 Å². The smallest absolute Gasteiger partial charge is 0.462 e. The third kappa shape index (κ3) is 35.7. The number of hydrogen-bond acceptors (Lipinski definition) is 6. The first-order valence-electron chi connectivity index (χ1n) is 17.1. The van der Waals surface area contributed by atoms with Gasteiger partial charge in [0.05, 0.1) is 6.61 Å². The van der Waals surface area contributed by atoms with Crippen LogP contribution in [0.4, 0.5) is 0 Å². The third-order valence-corrected chi connectivity index (χ3v) is 6.96. The highest BCUT2D eigenvalue weighted by Gasteiger charge is 2.22. The molecule has 0 rings (SSSR count). The predicted octanol–water partition coefficient (Wildman–Crippen LogP) is 9.89. The third-order valence-electron chi connectivity index (χ3n) is 6.48. The maximum absolute atomic E-state index is 12.3. The average Bonchev–Trinajstić information content (AvgIpc) is 3.03. The standard InChI is InChI=1S/C38H59O8P/c1-3-5-7-9-11-13-15-17-18-19-21-22-24-26-28-30-32-37(39)44-34-36(35-45-47(41,42)43)46-38(40)33-31-29-27-25-23-20-16-14-12-10-8-6-4-2/h5-8,10-14,16-18,20,23,25,27,36H,3-4,9,15,19,21-22,24,26,28-35H2,1-2H3,(H2,41,42,43)/b7-5+,8-6+,12-10+,13-11+,16-14+,18-17+,23-20+,27-25+. The molecule has 8 nitrogen and oxygen atoms in total. The number of rotatable bonds is 29. The highest BCUT2D eigenvalue weighted by molar-refractivity contribution is 7.46. The molecule has 9 heteroatoms. The summed E-state index contributed by atoms with van der Waals surface area (Å²) in [6.07, 6.45) is 44.3. The van der Waals surface area contributed by atoms with Crippen molar-refractivity contribution in [2.45, 2.75) is 116 Å². The Morgan fingerprint density at radius 1 is 0.574 bits per heavy atom. The van der Waals surface area contributed by atoms with E-state index in [1.54, 1.807) is 0 Å². The minimum atomic E-state index is -4.78. The molecular formula is C38H59O8P. The van der Waals surface area contributed by atoms with Gasteiger partial charge in [-0.2, -0.15) is 0 Å².